The van der Waals surface area contributed by atoms with Gasteiger partial charge in [0.2, 0.25) is 0 Å². The van der Waals surface area contributed by atoms with E-state index in [2.05, 4.69) is 20.3 Å². The van der Waals surface area contributed by atoms with Crippen molar-refractivity contribution >= 4 is 35.0 Å². The second-order valence-electron chi connectivity index (χ2n) is 3.95. The van der Waals surface area contributed by atoms with Crippen LogP contribution in [-0.2, 0) is 14.3 Å². The van der Waals surface area contributed by atoms with Crippen molar-refractivity contribution in [3.8, 4) is 5.75 Å². The molecule has 1 aromatic rings. The molecule has 0 unspecified atom stereocenters. The lowest BCUT2D eigenvalue weighted by Crippen LogP contribution is -2.19. The van der Waals surface area contributed by atoms with Gasteiger partial charge in [0.1, 0.15) is 0 Å². The van der Waals surface area contributed by atoms with E-state index in [0.29, 0.717) is 5.56 Å². The van der Waals surface area contributed by atoms with E-state index < -0.39 is 23.4 Å². The Balaban J connectivity index is 2.06. The second-order valence-corrected chi connectivity index (χ2v) is 4.98. The van der Waals surface area contributed by atoms with Crippen molar-refractivity contribution in [2.24, 2.45) is 10.2 Å². The van der Waals surface area contributed by atoms with Gasteiger partial charge in [-0.2, -0.15) is 5.10 Å². The number of rotatable bonds is 3. The fourth-order valence-corrected chi connectivity index (χ4v) is 2.13. The van der Waals surface area contributed by atoms with E-state index >= 15 is 0 Å². The highest BCUT2D eigenvalue weighted by molar-refractivity contribution is 8.18. The summed E-state index contributed by atoms with van der Waals surface area (Å²) >= 11 is 0.925. The molecule has 2 N–H and O–H groups in total. The van der Waals surface area contributed by atoms with Crippen LogP contribution in [0.1, 0.15) is 5.56 Å². The summed E-state index contributed by atoms with van der Waals surface area (Å²) in [5, 5.41) is 19.1. The first kappa shape index (κ1) is 15.7. The highest BCUT2D eigenvalue weighted by Gasteiger charge is 2.24. The number of phenolic OH excluding ortho intramolecular Hbond substituents is 1. The van der Waals surface area contributed by atoms with Crippen LogP contribution in [-0.4, -0.2) is 35.5 Å². The third-order valence-electron chi connectivity index (χ3n) is 2.43. The minimum Gasteiger partial charge on any atom is -0.505 e. The number of nitrogens with one attached hydrogen (secondary N) is 1. The Hall–Kier alpha value is -2.68. The number of ether oxygens (including phenoxy) is 1. The maximum absolute atomic E-state index is 13.1. The van der Waals surface area contributed by atoms with E-state index in [4.69, 9.17) is 5.11 Å². The smallest absolute Gasteiger partial charge is 0.331 e. The van der Waals surface area contributed by atoms with Crippen LogP contribution < -0.4 is 5.32 Å². The molecule has 1 amide bonds. The molecule has 9 heteroatoms. The molecule has 0 radical (unpaired) electrons. The first-order valence-corrected chi connectivity index (χ1v) is 6.69. The minimum absolute atomic E-state index is 0.136. The van der Waals surface area contributed by atoms with Crippen molar-refractivity contribution in [1.29, 1.82) is 0 Å². The molecule has 1 saturated heterocycles. The van der Waals surface area contributed by atoms with Crippen LogP contribution >= 0.6 is 11.8 Å². The lowest BCUT2D eigenvalue weighted by atomic mass is 10.2. The Labute approximate surface area is 128 Å². The first-order valence-electron chi connectivity index (χ1n) is 5.88. The molecule has 1 heterocycles. The molecule has 1 aliphatic rings. The average Bonchev–Trinajstić information content (AvgIpc) is 2.83. The standard InChI is InChI=1S/C13H10FN3O4S/c1-21-11(19)5-10-12(20)16-13(22-10)17-15-6-7-2-3-9(18)8(14)4-7/h2-6,18H,1H3,(H,16,17,20)/b10-5+,15-6?. The summed E-state index contributed by atoms with van der Waals surface area (Å²) in [4.78, 5) is 22.7. The van der Waals surface area contributed by atoms with Crippen molar-refractivity contribution in [2.75, 3.05) is 7.11 Å². The highest BCUT2D eigenvalue weighted by atomic mass is 32.2. The van der Waals surface area contributed by atoms with Gasteiger partial charge in [-0.05, 0) is 35.5 Å². The molecular weight excluding hydrogens is 313 g/mol. The number of phenols is 1. The van der Waals surface area contributed by atoms with Crippen LogP contribution in [0, 0.1) is 5.82 Å². The van der Waals surface area contributed by atoms with E-state index in [9.17, 15) is 14.0 Å². The molecule has 0 aliphatic carbocycles. The topological polar surface area (TPSA) is 100 Å². The Morgan fingerprint density at radius 2 is 2.27 bits per heavy atom. The number of benzene rings is 1. The van der Waals surface area contributed by atoms with Gasteiger partial charge in [-0.1, -0.05) is 0 Å². The number of carbonyl (C=O) groups excluding carboxylic acids is 2. The van der Waals surface area contributed by atoms with Crippen LogP contribution in [0.3, 0.4) is 0 Å². The molecule has 0 bridgehead atoms. The van der Waals surface area contributed by atoms with Crippen LogP contribution in [0.4, 0.5) is 4.39 Å². The molecule has 0 spiro atoms. The molecule has 114 valence electrons. The van der Waals surface area contributed by atoms with Gasteiger partial charge in [-0.25, -0.2) is 9.18 Å². The van der Waals surface area contributed by atoms with Gasteiger partial charge < -0.3 is 9.84 Å². The summed E-state index contributed by atoms with van der Waals surface area (Å²) in [7, 11) is 1.20. The van der Waals surface area contributed by atoms with Crippen LogP contribution in [0.25, 0.3) is 0 Å². The maximum Gasteiger partial charge on any atom is 0.331 e. The molecule has 0 atom stereocenters. The number of thioether (sulfide) groups is 1. The molecular formula is C13H10FN3O4S. The number of amidine groups is 1. The number of aromatic hydroxyl groups is 1. The Kier molecular flexibility index (Phi) is 4.89. The number of methoxy groups -OCH3 is 1. The predicted octanol–water partition coefficient (Wildman–Crippen LogP) is 1.14. The number of carbonyl (C=O) groups is 2. The Bertz CT molecular complexity index is 715. The Morgan fingerprint density at radius 1 is 1.50 bits per heavy atom. The summed E-state index contributed by atoms with van der Waals surface area (Å²) in [5.74, 6) is -2.37. The zero-order valence-corrected chi connectivity index (χ0v) is 12.1. The van der Waals surface area contributed by atoms with Crippen molar-refractivity contribution in [1.82, 2.24) is 5.32 Å². The zero-order chi connectivity index (χ0) is 16.1. The molecule has 0 aromatic heterocycles. The van der Waals surface area contributed by atoms with Crippen LogP contribution in [0.2, 0.25) is 0 Å². The summed E-state index contributed by atoms with van der Waals surface area (Å²) in [5.41, 5.74) is 0.388. The number of hydrogen-bond acceptors (Lipinski definition) is 7. The van der Waals surface area contributed by atoms with Crippen molar-refractivity contribution in [3.05, 3.63) is 40.6 Å². The van der Waals surface area contributed by atoms with Crippen molar-refractivity contribution in [3.63, 3.8) is 0 Å². The Morgan fingerprint density at radius 3 is 2.95 bits per heavy atom. The van der Waals surface area contributed by atoms with Crippen molar-refractivity contribution in [2.45, 2.75) is 0 Å². The largest absolute Gasteiger partial charge is 0.505 e. The number of nitrogens with zero attached hydrogens (tertiary/aromatic N) is 2. The van der Waals surface area contributed by atoms with Gasteiger partial charge in [-0.3, -0.25) is 10.1 Å². The summed E-state index contributed by atoms with van der Waals surface area (Å²) < 4.78 is 17.5. The SMILES string of the molecule is COC(=O)/C=C1/S/C(=N\N=Cc2ccc(O)c(F)c2)NC1=O. The quantitative estimate of drug-likeness (QED) is 0.376. The third kappa shape index (κ3) is 3.92. The fourth-order valence-electron chi connectivity index (χ4n) is 1.39. The zero-order valence-electron chi connectivity index (χ0n) is 11.2. The van der Waals surface area contributed by atoms with Gasteiger partial charge >= 0.3 is 5.97 Å². The van der Waals surface area contributed by atoms with E-state index in [1.807, 2.05) is 0 Å². The molecule has 1 aliphatic heterocycles. The van der Waals surface area contributed by atoms with Gasteiger partial charge in [0.05, 0.1) is 18.2 Å². The van der Waals surface area contributed by atoms with Crippen LogP contribution in [0.5, 0.6) is 5.75 Å². The number of halogens is 1. The molecule has 2 rings (SSSR count). The molecule has 1 aromatic carbocycles. The fraction of sp³-hybridized carbons (Fsp3) is 0.0769. The van der Waals surface area contributed by atoms with E-state index in [-0.39, 0.29) is 10.1 Å². The first-order chi connectivity index (χ1) is 10.5. The summed E-state index contributed by atoms with van der Waals surface area (Å²) in [6, 6.07) is 3.72. The van der Waals surface area contributed by atoms with E-state index in [1.165, 1.54) is 25.5 Å². The van der Waals surface area contributed by atoms with E-state index in [0.717, 1.165) is 23.9 Å². The molecule has 7 nitrogen and oxygen atoms in total. The summed E-state index contributed by atoms with van der Waals surface area (Å²) in [6.07, 6.45) is 2.30. The normalized spacial score (nSPS) is 18.2. The van der Waals surface area contributed by atoms with Gasteiger partial charge in [0.15, 0.2) is 16.7 Å². The predicted molar refractivity (Wildman–Crippen MR) is 78.9 cm³/mol. The number of hydrogen-bond donors (Lipinski definition) is 2. The van der Waals surface area contributed by atoms with Crippen molar-refractivity contribution < 1.29 is 23.8 Å². The second kappa shape index (κ2) is 6.85. The highest BCUT2D eigenvalue weighted by Crippen LogP contribution is 2.23. The molecule has 22 heavy (non-hydrogen) atoms. The van der Waals surface area contributed by atoms with Crippen LogP contribution in [0.15, 0.2) is 39.4 Å². The third-order valence-corrected chi connectivity index (χ3v) is 3.33. The molecule has 0 saturated carbocycles. The molecule has 1 fully saturated rings. The number of amides is 1. The van der Waals surface area contributed by atoms with Gasteiger partial charge in [-0.15, -0.1) is 5.10 Å². The minimum atomic E-state index is -0.775. The van der Waals surface area contributed by atoms with Gasteiger partial charge in [0, 0.05) is 6.08 Å². The number of esters is 1. The average molecular weight is 323 g/mol. The lowest BCUT2D eigenvalue weighted by Gasteiger charge is -1.95. The lowest BCUT2D eigenvalue weighted by molar-refractivity contribution is -0.135. The monoisotopic (exact) mass is 323 g/mol. The maximum atomic E-state index is 13.1. The van der Waals surface area contributed by atoms with E-state index in [1.54, 1.807) is 0 Å². The summed E-state index contributed by atoms with van der Waals surface area (Å²) in [6.45, 7) is 0. The van der Waals surface area contributed by atoms with Gasteiger partial charge in [0.25, 0.3) is 5.91 Å².